The lowest BCUT2D eigenvalue weighted by molar-refractivity contribution is -0.131. The van der Waals surface area contributed by atoms with Crippen LogP contribution < -0.4 is 10.1 Å². The van der Waals surface area contributed by atoms with E-state index in [1.54, 1.807) is 0 Å². The maximum Gasteiger partial charge on any atom is 0.229 e. The molecule has 1 atom stereocenters. The summed E-state index contributed by atoms with van der Waals surface area (Å²) >= 11 is 0. The average Bonchev–Trinajstić information content (AvgIpc) is 3.29. The van der Waals surface area contributed by atoms with Crippen molar-refractivity contribution in [2.75, 3.05) is 26.7 Å². The molecule has 1 aromatic carbocycles. The molecule has 23 heavy (non-hydrogen) atoms. The molecule has 126 valence electrons. The smallest absolute Gasteiger partial charge is 0.229 e. The van der Waals surface area contributed by atoms with E-state index in [0.29, 0.717) is 12.5 Å². The Morgan fingerprint density at radius 3 is 2.70 bits per heavy atom. The molecule has 0 unspecified atom stereocenters. The molecule has 0 aromatic heterocycles. The van der Waals surface area contributed by atoms with E-state index in [2.05, 4.69) is 29.4 Å². The molecule has 2 aliphatic rings. The highest BCUT2D eigenvalue weighted by molar-refractivity contribution is 5.82. The summed E-state index contributed by atoms with van der Waals surface area (Å²) < 4.78 is 6.04. The molecule has 0 bridgehead atoms. The summed E-state index contributed by atoms with van der Waals surface area (Å²) in [6.07, 6.45) is 3.53. The van der Waals surface area contributed by atoms with Gasteiger partial charge in [0.15, 0.2) is 0 Å². The van der Waals surface area contributed by atoms with Crippen molar-refractivity contribution in [2.24, 2.45) is 5.41 Å². The Kier molecular flexibility index (Phi) is 4.62. The van der Waals surface area contributed by atoms with Crippen LogP contribution in [-0.4, -0.2) is 43.6 Å². The number of likely N-dealkylation sites (N-methyl/N-ethyl adjacent to an activating group) is 1. The Balaban J connectivity index is 1.56. The highest BCUT2D eigenvalue weighted by atomic mass is 16.5. The summed E-state index contributed by atoms with van der Waals surface area (Å²) in [5, 5.41) is 3.17. The van der Waals surface area contributed by atoms with Crippen LogP contribution in [0.1, 0.15) is 44.6 Å². The molecule has 1 aliphatic heterocycles. The van der Waals surface area contributed by atoms with E-state index < -0.39 is 5.41 Å². The van der Waals surface area contributed by atoms with Gasteiger partial charge in [-0.25, -0.2) is 0 Å². The van der Waals surface area contributed by atoms with Gasteiger partial charge in [-0.15, -0.1) is 0 Å². The van der Waals surface area contributed by atoms with Crippen LogP contribution in [0.15, 0.2) is 24.3 Å². The first-order valence-electron chi connectivity index (χ1n) is 8.67. The van der Waals surface area contributed by atoms with Crippen LogP contribution in [0.3, 0.4) is 0 Å². The third-order valence-corrected chi connectivity index (χ3v) is 4.87. The number of nitrogens with zero attached hydrogens (tertiary/aromatic N) is 1. The number of carbonyl (C=O) groups is 1. The van der Waals surface area contributed by atoms with Crippen molar-refractivity contribution in [1.82, 2.24) is 10.2 Å². The summed E-state index contributed by atoms with van der Waals surface area (Å²) in [5.41, 5.74) is 0.763. The van der Waals surface area contributed by atoms with Gasteiger partial charge in [0.25, 0.3) is 0 Å². The van der Waals surface area contributed by atoms with Crippen LogP contribution in [0, 0.1) is 5.41 Å². The molecule has 0 radical (unpaired) electrons. The van der Waals surface area contributed by atoms with Gasteiger partial charge in [0.1, 0.15) is 12.4 Å². The second kappa shape index (κ2) is 6.52. The fraction of sp³-hybridized carbons (Fsp3) is 0.632. The highest BCUT2D eigenvalue weighted by Crippen LogP contribution is 2.44. The normalized spacial score (nSPS) is 22.1. The van der Waals surface area contributed by atoms with Gasteiger partial charge in [-0.2, -0.15) is 0 Å². The fourth-order valence-corrected chi connectivity index (χ4v) is 3.10. The fourth-order valence-electron chi connectivity index (χ4n) is 3.10. The van der Waals surface area contributed by atoms with Crippen LogP contribution in [0.2, 0.25) is 0 Å². The first kappa shape index (κ1) is 16.3. The number of nitrogens with one attached hydrogen (secondary N) is 1. The van der Waals surface area contributed by atoms with Crippen LogP contribution in [0.5, 0.6) is 5.75 Å². The van der Waals surface area contributed by atoms with E-state index in [4.69, 9.17) is 4.74 Å². The lowest BCUT2D eigenvalue weighted by Gasteiger charge is -2.26. The molecule has 4 nitrogen and oxygen atoms in total. The van der Waals surface area contributed by atoms with Crippen molar-refractivity contribution in [3.8, 4) is 5.75 Å². The van der Waals surface area contributed by atoms with E-state index in [0.717, 1.165) is 25.3 Å². The number of amides is 1. The highest BCUT2D eigenvalue weighted by Gasteiger charge is 2.33. The standard InChI is InChI=1S/C19H28N2O2/c1-19(2,18(22)20-15-10-11-21(3)12-15)13-23-17-7-5-4-6-16(17)14-8-9-14/h4-7,14-15H,8-13H2,1-3H3,(H,20,22)/t15-/m1/s1. The Morgan fingerprint density at radius 2 is 2.04 bits per heavy atom. The zero-order valence-corrected chi connectivity index (χ0v) is 14.5. The number of hydrogen-bond donors (Lipinski definition) is 1. The van der Waals surface area contributed by atoms with Crippen molar-refractivity contribution in [3.63, 3.8) is 0 Å². The van der Waals surface area contributed by atoms with E-state index in [9.17, 15) is 4.79 Å². The molecule has 2 fully saturated rings. The number of para-hydroxylation sites is 1. The van der Waals surface area contributed by atoms with Crippen molar-refractivity contribution < 1.29 is 9.53 Å². The minimum atomic E-state index is -0.530. The van der Waals surface area contributed by atoms with E-state index in [-0.39, 0.29) is 11.9 Å². The number of rotatable bonds is 6. The zero-order chi connectivity index (χ0) is 16.4. The maximum absolute atomic E-state index is 12.6. The minimum Gasteiger partial charge on any atom is -0.492 e. The molecule has 1 aromatic rings. The molecule has 1 saturated heterocycles. The van der Waals surface area contributed by atoms with Gasteiger partial charge in [-0.1, -0.05) is 18.2 Å². The molecular weight excluding hydrogens is 288 g/mol. The predicted octanol–water partition coefficient (Wildman–Crippen LogP) is 2.79. The molecule has 1 saturated carbocycles. The lowest BCUT2D eigenvalue weighted by atomic mass is 9.93. The summed E-state index contributed by atoms with van der Waals surface area (Å²) in [6, 6.07) is 8.50. The van der Waals surface area contributed by atoms with Gasteiger partial charge in [0.05, 0.1) is 5.41 Å². The van der Waals surface area contributed by atoms with Crippen molar-refractivity contribution in [3.05, 3.63) is 29.8 Å². The van der Waals surface area contributed by atoms with E-state index in [1.165, 1.54) is 18.4 Å². The van der Waals surface area contributed by atoms with E-state index in [1.807, 2.05) is 26.0 Å². The van der Waals surface area contributed by atoms with Gasteiger partial charge in [0, 0.05) is 12.6 Å². The van der Waals surface area contributed by atoms with Gasteiger partial charge < -0.3 is 15.0 Å². The molecule has 1 amide bonds. The monoisotopic (exact) mass is 316 g/mol. The Hall–Kier alpha value is -1.55. The molecule has 1 heterocycles. The first-order valence-corrected chi connectivity index (χ1v) is 8.67. The van der Waals surface area contributed by atoms with Crippen molar-refractivity contribution >= 4 is 5.91 Å². The lowest BCUT2D eigenvalue weighted by Crippen LogP contribution is -2.46. The van der Waals surface area contributed by atoms with Gasteiger partial charge in [-0.3, -0.25) is 4.79 Å². The van der Waals surface area contributed by atoms with Gasteiger partial charge in [0.2, 0.25) is 5.91 Å². The minimum absolute atomic E-state index is 0.0849. The number of hydrogen-bond acceptors (Lipinski definition) is 3. The average molecular weight is 316 g/mol. The predicted molar refractivity (Wildman–Crippen MR) is 91.7 cm³/mol. The van der Waals surface area contributed by atoms with Gasteiger partial charge in [-0.05, 0) is 64.3 Å². The topological polar surface area (TPSA) is 41.6 Å². The summed E-state index contributed by atoms with van der Waals surface area (Å²) in [6.45, 7) is 6.32. The van der Waals surface area contributed by atoms with Crippen molar-refractivity contribution in [1.29, 1.82) is 0 Å². The molecular formula is C19H28N2O2. The maximum atomic E-state index is 12.6. The molecule has 3 rings (SSSR count). The number of ether oxygens (including phenoxy) is 1. The Labute approximate surface area is 139 Å². The quantitative estimate of drug-likeness (QED) is 0.877. The Bertz CT molecular complexity index is 566. The SMILES string of the molecule is CN1CC[C@@H](NC(=O)C(C)(C)COc2ccccc2C2CC2)C1. The second-order valence-corrected chi connectivity index (χ2v) is 7.71. The van der Waals surface area contributed by atoms with Crippen LogP contribution in [-0.2, 0) is 4.79 Å². The summed E-state index contributed by atoms with van der Waals surface area (Å²) in [4.78, 5) is 14.8. The third-order valence-electron chi connectivity index (χ3n) is 4.87. The van der Waals surface area contributed by atoms with Crippen LogP contribution >= 0.6 is 0 Å². The van der Waals surface area contributed by atoms with Crippen LogP contribution in [0.4, 0.5) is 0 Å². The Morgan fingerprint density at radius 1 is 1.30 bits per heavy atom. The zero-order valence-electron chi connectivity index (χ0n) is 14.5. The van der Waals surface area contributed by atoms with Gasteiger partial charge >= 0.3 is 0 Å². The summed E-state index contributed by atoms with van der Waals surface area (Å²) in [5.74, 6) is 1.68. The second-order valence-electron chi connectivity index (χ2n) is 7.71. The molecule has 0 spiro atoms. The summed E-state index contributed by atoms with van der Waals surface area (Å²) in [7, 11) is 2.09. The van der Waals surface area contributed by atoms with Crippen molar-refractivity contribution in [2.45, 2.75) is 45.1 Å². The number of carbonyl (C=O) groups excluding carboxylic acids is 1. The van der Waals surface area contributed by atoms with Crippen LogP contribution in [0.25, 0.3) is 0 Å². The molecule has 1 N–H and O–H groups in total. The number of likely N-dealkylation sites (tertiary alicyclic amines) is 1. The largest absolute Gasteiger partial charge is 0.492 e. The first-order chi connectivity index (χ1) is 11.0. The number of benzene rings is 1. The third kappa shape index (κ3) is 4.05. The van der Waals surface area contributed by atoms with E-state index >= 15 is 0 Å². The molecule has 1 aliphatic carbocycles. The molecule has 4 heteroatoms.